The van der Waals surface area contributed by atoms with E-state index < -0.39 is 17.9 Å². The van der Waals surface area contributed by atoms with Crippen LogP contribution in [0.4, 0.5) is 0 Å². The van der Waals surface area contributed by atoms with E-state index in [0.717, 1.165) is 16.7 Å². The quantitative estimate of drug-likeness (QED) is 0.365. The molecule has 1 aliphatic rings. The third-order valence-electron chi connectivity index (χ3n) is 6.52. The minimum Gasteiger partial charge on any atom is -0.365 e. The predicted molar refractivity (Wildman–Crippen MR) is 137 cm³/mol. The van der Waals surface area contributed by atoms with Gasteiger partial charge in [0.1, 0.15) is 6.10 Å². The second-order valence-corrected chi connectivity index (χ2v) is 8.94. The van der Waals surface area contributed by atoms with Gasteiger partial charge < -0.3 is 19.5 Å². The summed E-state index contributed by atoms with van der Waals surface area (Å²) in [6.07, 6.45) is -1.93. The van der Waals surface area contributed by atoms with Gasteiger partial charge in [0.15, 0.2) is 11.8 Å². The third kappa shape index (κ3) is 4.95. The fourth-order valence-electron chi connectivity index (χ4n) is 4.67. The molecular weight excluding hydrogens is 450 g/mol. The molecule has 1 heterocycles. The molecule has 1 saturated heterocycles. The monoisotopic (exact) mass is 479 g/mol. The van der Waals surface area contributed by atoms with Crippen LogP contribution >= 0.6 is 0 Å². The lowest BCUT2D eigenvalue weighted by Gasteiger charge is -2.37. The first-order valence-electron chi connectivity index (χ1n) is 12.1. The van der Waals surface area contributed by atoms with E-state index >= 15 is 0 Å². The third-order valence-corrected chi connectivity index (χ3v) is 6.52. The molecule has 5 nitrogen and oxygen atoms in total. The number of ether oxygens (including phenoxy) is 2. The summed E-state index contributed by atoms with van der Waals surface area (Å²) in [7, 11) is 0. The molecule has 182 valence electrons. The van der Waals surface area contributed by atoms with E-state index in [1.807, 2.05) is 121 Å². The molecule has 0 radical (unpaired) electrons. The maximum Gasteiger partial charge on any atom is 0.257 e. The van der Waals surface area contributed by atoms with Crippen molar-refractivity contribution in [2.45, 2.75) is 37.7 Å². The molecular formula is C31H29NO4. The van der Waals surface area contributed by atoms with Crippen molar-refractivity contribution in [3.8, 4) is 0 Å². The largest absolute Gasteiger partial charge is 0.365 e. The van der Waals surface area contributed by atoms with E-state index in [1.54, 1.807) is 0 Å². The molecule has 1 N–H and O–H groups in total. The van der Waals surface area contributed by atoms with Crippen molar-refractivity contribution < 1.29 is 19.4 Å². The Bertz CT molecular complexity index is 1250. The predicted octanol–water partition coefficient (Wildman–Crippen LogP) is 5.04. The highest BCUT2D eigenvalue weighted by molar-refractivity contribution is 5.86. The summed E-state index contributed by atoms with van der Waals surface area (Å²) < 4.78 is 12.6. The van der Waals surface area contributed by atoms with Gasteiger partial charge in [-0.2, -0.15) is 0 Å². The second-order valence-electron chi connectivity index (χ2n) is 8.94. The molecule has 3 unspecified atom stereocenters. The Labute approximate surface area is 211 Å². The standard InChI is InChI=1S/C31H29NO4/c33-30-28(35-22-25-15-7-2-8-16-25)29(36-23-26-17-9-3-10-18-26)31(34,27-19-11-4-12-20-27)32(30)21-24-13-5-1-6-14-24/h1-20,28-29,34H,21-23H2. The van der Waals surface area contributed by atoms with Gasteiger partial charge in [-0.3, -0.25) is 4.79 Å². The number of nitrogens with zero attached hydrogens (tertiary/aromatic N) is 1. The van der Waals surface area contributed by atoms with Crippen LogP contribution in [0, 0.1) is 0 Å². The first-order chi connectivity index (χ1) is 17.7. The van der Waals surface area contributed by atoms with Crippen molar-refractivity contribution in [2.75, 3.05) is 0 Å². The lowest BCUT2D eigenvalue weighted by Crippen LogP contribution is -2.49. The van der Waals surface area contributed by atoms with Crippen LogP contribution < -0.4 is 0 Å². The molecule has 1 fully saturated rings. The van der Waals surface area contributed by atoms with Crippen molar-refractivity contribution in [1.29, 1.82) is 0 Å². The Hall–Kier alpha value is -3.77. The van der Waals surface area contributed by atoms with Gasteiger partial charge in [-0.05, 0) is 16.7 Å². The van der Waals surface area contributed by atoms with Crippen LogP contribution in [0.3, 0.4) is 0 Å². The maximum absolute atomic E-state index is 13.9. The first kappa shape index (κ1) is 23.9. The fourth-order valence-corrected chi connectivity index (χ4v) is 4.67. The summed E-state index contributed by atoms with van der Waals surface area (Å²) in [4.78, 5) is 15.4. The number of aliphatic hydroxyl groups is 1. The minimum atomic E-state index is -1.72. The molecule has 5 rings (SSSR count). The molecule has 36 heavy (non-hydrogen) atoms. The highest BCUT2D eigenvalue weighted by atomic mass is 16.6. The fraction of sp³-hybridized carbons (Fsp3) is 0.194. The van der Waals surface area contributed by atoms with Crippen LogP contribution in [0.2, 0.25) is 0 Å². The number of amides is 1. The number of hydrogen-bond donors (Lipinski definition) is 1. The number of likely N-dealkylation sites (tertiary alicyclic amines) is 1. The number of carbonyl (C=O) groups is 1. The Morgan fingerprint density at radius 3 is 1.61 bits per heavy atom. The average Bonchev–Trinajstić information content (AvgIpc) is 3.14. The Kier molecular flexibility index (Phi) is 7.23. The summed E-state index contributed by atoms with van der Waals surface area (Å²) in [6.45, 7) is 0.687. The van der Waals surface area contributed by atoms with E-state index in [2.05, 4.69) is 0 Å². The smallest absolute Gasteiger partial charge is 0.257 e. The molecule has 3 atom stereocenters. The van der Waals surface area contributed by atoms with Crippen molar-refractivity contribution >= 4 is 5.91 Å². The summed E-state index contributed by atoms with van der Waals surface area (Å²) in [5.41, 5.74) is 1.66. The normalized spacial score (nSPS) is 21.6. The molecule has 0 saturated carbocycles. The van der Waals surface area contributed by atoms with Gasteiger partial charge in [0.05, 0.1) is 13.2 Å². The molecule has 1 aliphatic heterocycles. The van der Waals surface area contributed by atoms with Crippen LogP contribution in [0.15, 0.2) is 121 Å². The Balaban J connectivity index is 1.52. The Morgan fingerprint density at radius 2 is 1.08 bits per heavy atom. The van der Waals surface area contributed by atoms with Crippen molar-refractivity contribution in [2.24, 2.45) is 0 Å². The van der Waals surface area contributed by atoms with Gasteiger partial charge in [-0.1, -0.05) is 121 Å². The summed E-state index contributed by atoms with van der Waals surface area (Å²) in [6, 6.07) is 38.3. The van der Waals surface area contributed by atoms with Gasteiger partial charge >= 0.3 is 0 Å². The van der Waals surface area contributed by atoms with Crippen LogP contribution in [0.5, 0.6) is 0 Å². The van der Waals surface area contributed by atoms with E-state index in [1.165, 1.54) is 4.90 Å². The van der Waals surface area contributed by atoms with Crippen molar-refractivity contribution in [1.82, 2.24) is 4.90 Å². The zero-order valence-corrected chi connectivity index (χ0v) is 19.9. The van der Waals surface area contributed by atoms with E-state index in [4.69, 9.17) is 9.47 Å². The molecule has 0 aliphatic carbocycles. The van der Waals surface area contributed by atoms with E-state index in [-0.39, 0.29) is 25.7 Å². The molecule has 0 bridgehead atoms. The van der Waals surface area contributed by atoms with Crippen molar-refractivity contribution in [3.63, 3.8) is 0 Å². The van der Waals surface area contributed by atoms with Gasteiger partial charge in [0, 0.05) is 12.1 Å². The van der Waals surface area contributed by atoms with Crippen LogP contribution in [-0.2, 0) is 39.8 Å². The molecule has 4 aromatic carbocycles. The van der Waals surface area contributed by atoms with Crippen molar-refractivity contribution in [3.05, 3.63) is 144 Å². The van der Waals surface area contributed by atoms with Gasteiger partial charge in [-0.15, -0.1) is 0 Å². The number of rotatable bonds is 9. The molecule has 5 heteroatoms. The summed E-state index contributed by atoms with van der Waals surface area (Å²) >= 11 is 0. The number of carbonyl (C=O) groups excluding carboxylic acids is 1. The minimum absolute atomic E-state index is 0.224. The van der Waals surface area contributed by atoms with Gasteiger partial charge in [-0.25, -0.2) is 0 Å². The Morgan fingerprint density at radius 1 is 0.639 bits per heavy atom. The molecule has 0 aromatic heterocycles. The molecule has 1 amide bonds. The first-order valence-corrected chi connectivity index (χ1v) is 12.1. The average molecular weight is 480 g/mol. The van der Waals surface area contributed by atoms with E-state index in [0.29, 0.717) is 5.56 Å². The highest BCUT2D eigenvalue weighted by Crippen LogP contribution is 2.42. The lowest BCUT2D eigenvalue weighted by molar-refractivity contribution is -0.191. The molecule has 4 aromatic rings. The van der Waals surface area contributed by atoms with E-state index in [9.17, 15) is 9.90 Å². The van der Waals surface area contributed by atoms with Gasteiger partial charge in [0.2, 0.25) is 0 Å². The van der Waals surface area contributed by atoms with Crippen LogP contribution in [0.25, 0.3) is 0 Å². The zero-order chi connectivity index (χ0) is 24.8. The topological polar surface area (TPSA) is 59.0 Å². The van der Waals surface area contributed by atoms with Gasteiger partial charge in [0.25, 0.3) is 5.91 Å². The van der Waals surface area contributed by atoms with Crippen LogP contribution in [0.1, 0.15) is 22.3 Å². The maximum atomic E-state index is 13.9. The van der Waals surface area contributed by atoms with Crippen LogP contribution in [-0.4, -0.2) is 28.1 Å². The summed E-state index contributed by atoms with van der Waals surface area (Å²) in [5, 5.41) is 12.4. The highest BCUT2D eigenvalue weighted by Gasteiger charge is 2.60. The number of hydrogen-bond acceptors (Lipinski definition) is 4. The number of benzene rings is 4. The summed E-state index contributed by atoms with van der Waals surface area (Å²) in [5.74, 6) is -0.306. The second kappa shape index (κ2) is 10.9. The lowest BCUT2D eigenvalue weighted by atomic mass is 9.95. The SMILES string of the molecule is O=C1C(OCc2ccccc2)C(OCc2ccccc2)C(O)(c2ccccc2)N1Cc1ccccc1. The molecule has 0 spiro atoms. The zero-order valence-electron chi connectivity index (χ0n) is 19.9.